The molecule has 0 bridgehead atoms. The molecule has 54 valence electrons. The highest BCUT2D eigenvalue weighted by molar-refractivity contribution is 5.83. The third kappa shape index (κ3) is 1.72. The Morgan fingerprint density at radius 1 is 1.89 bits per heavy atom. The topological polar surface area (TPSA) is 90.8 Å². The monoisotopic (exact) mass is 134 g/mol. The number of Topliss-reactive ketones (excluding diaryl/α,β-unsaturated/α-hetero) is 1. The van der Waals surface area contributed by atoms with Crippen LogP contribution in [0.4, 0.5) is 0 Å². The molecule has 0 spiro atoms. The number of quaternary nitrogens is 1. The summed E-state index contributed by atoms with van der Waals surface area (Å²) < 4.78 is 0. The molecule has 0 fully saturated rings. The number of carbonyl (C=O) groups is 1. The Hall–Kier alpha value is -0.490. The zero-order valence-electron chi connectivity index (χ0n) is 5.34. The molecule has 4 N–H and O–H groups in total. The normalized spacial score (nSPS) is 20.6. The Bertz CT molecular complexity index is 121. The lowest BCUT2D eigenvalue weighted by Crippen LogP contribution is -3.17. The van der Waals surface area contributed by atoms with Crippen LogP contribution >= 0.6 is 0 Å². The highest BCUT2D eigenvalue weighted by Gasteiger charge is 2.31. The van der Waals surface area contributed by atoms with Gasteiger partial charge in [0.15, 0.2) is 0 Å². The molecule has 2 unspecified atom stereocenters. The van der Waals surface area contributed by atoms with Gasteiger partial charge in [-0.25, -0.2) is 10.4 Å². The van der Waals surface area contributed by atoms with Gasteiger partial charge in [0.2, 0.25) is 11.4 Å². The molecular weight excluding hydrogens is 124 g/mol. The highest BCUT2D eigenvalue weighted by Crippen LogP contribution is 1.86. The summed E-state index contributed by atoms with van der Waals surface area (Å²) in [6, 6.07) is 0. The van der Waals surface area contributed by atoms with Crippen LogP contribution in [-0.2, 0) is 4.79 Å². The highest BCUT2D eigenvalue weighted by atomic mass is 16.8. The van der Waals surface area contributed by atoms with E-state index in [4.69, 9.17) is 10.9 Å². The maximum Gasteiger partial charge on any atom is 0.235 e. The largest absolute Gasteiger partial charge is 0.598 e. The van der Waals surface area contributed by atoms with Gasteiger partial charge in [0, 0.05) is 13.8 Å². The number of hydrogen-bond acceptors (Lipinski definition) is 4. The van der Waals surface area contributed by atoms with Crippen LogP contribution in [0.1, 0.15) is 13.8 Å². The van der Waals surface area contributed by atoms with Crippen LogP contribution in [0, 0.1) is 5.21 Å². The van der Waals surface area contributed by atoms with Crippen LogP contribution in [0.15, 0.2) is 0 Å². The van der Waals surface area contributed by atoms with Gasteiger partial charge in [-0.15, -0.1) is 0 Å². The van der Waals surface area contributed by atoms with Gasteiger partial charge in [0.05, 0.1) is 0 Å². The van der Waals surface area contributed by atoms with Gasteiger partial charge in [-0.3, -0.25) is 10.5 Å². The van der Waals surface area contributed by atoms with Crippen LogP contribution in [0.25, 0.3) is 0 Å². The number of rotatable bonds is 2. The Kier molecular flexibility index (Phi) is 2.27. The molecule has 5 nitrogen and oxygen atoms in total. The maximum atomic E-state index is 10.4. The molecule has 0 aromatic heterocycles. The first-order valence-electron chi connectivity index (χ1n) is 2.42. The molecule has 0 aromatic rings. The number of carbonyl (C=O) groups excluding carboxylic acids is 1. The van der Waals surface area contributed by atoms with Crippen molar-refractivity contribution in [3.63, 3.8) is 0 Å². The van der Waals surface area contributed by atoms with Crippen LogP contribution in [-0.4, -0.2) is 16.7 Å². The van der Waals surface area contributed by atoms with Crippen molar-refractivity contribution in [3.05, 3.63) is 5.21 Å². The minimum absolute atomic E-state index is 0.546. The predicted molar refractivity (Wildman–Crippen MR) is 29.4 cm³/mol. The third-order valence-corrected chi connectivity index (χ3v) is 1.18. The van der Waals surface area contributed by atoms with Crippen LogP contribution in [0.2, 0.25) is 0 Å². The SMILES string of the molecule is CC(=O)C(C)(N)[NH+]([O-])O. The van der Waals surface area contributed by atoms with Gasteiger partial charge in [-0.05, 0) is 0 Å². The first-order valence-corrected chi connectivity index (χ1v) is 2.42. The average molecular weight is 134 g/mol. The fourth-order valence-corrected chi connectivity index (χ4v) is 0.151. The van der Waals surface area contributed by atoms with Crippen molar-refractivity contribution >= 4 is 5.78 Å². The van der Waals surface area contributed by atoms with Gasteiger partial charge in [0.25, 0.3) is 0 Å². The van der Waals surface area contributed by atoms with Gasteiger partial charge in [-0.1, -0.05) is 0 Å². The van der Waals surface area contributed by atoms with Crippen molar-refractivity contribution in [2.75, 3.05) is 0 Å². The second-order valence-electron chi connectivity index (χ2n) is 2.06. The van der Waals surface area contributed by atoms with Crippen LogP contribution < -0.4 is 11.0 Å². The van der Waals surface area contributed by atoms with Crippen molar-refractivity contribution < 1.29 is 15.2 Å². The van der Waals surface area contributed by atoms with Crippen molar-refractivity contribution in [1.29, 1.82) is 0 Å². The van der Waals surface area contributed by atoms with Crippen molar-refractivity contribution in [2.45, 2.75) is 19.5 Å². The molecule has 0 radical (unpaired) electrons. The molecule has 0 aliphatic rings. The number of nitrogens with one attached hydrogen (secondary N) is 1. The van der Waals surface area contributed by atoms with Crippen LogP contribution in [0.5, 0.6) is 0 Å². The van der Waals surface area contributed by atoms with E-state index < -0.39 is 16.7 Å². The molecule has 0 aliphatic carbocycles. The molecule has 0 saturated carbocycles. The number of hydroxylamine groups is 2. The summed E-state index contributed by atoms with van der Waals surface area (Å²) in [5.74, 6) is -0.546. The smallest absolute Gasteiger partial charge is 0.235 e. The second kappa shape index (κ2) is 2.40. The van der Waals surface area contributed by atoms with E-state index in [1.54, 1.807) is 0 Å². The van der Waals surface area contributed by atoms with Crippen molar-refractivity contribution in [3.8, 4) is 0 Å². The summed E-state index contributed by atoms with van der Waals surface area (Å²) >= 11 is 0. The summed E-state index contributed by atoms with van der Waals surface area (Å²) in [6.45, 7) is 2.31. The van der Waals surface area contributed by atoms with Crippen molar-refractivity contribution in [2.24, 2.45) is 5.73 Å². The molecule has 9 heavy (non-hydrogen) atoms. The first kappa shape index (κ1) is 8.51. The standard InChI is InChI=1S/C4H10N2O3/c1-3(7)4(2,5)6(8)9/h6,8H,5H2,1-2H3. The lowest BCUT2D eigenvalue weighted by atomic mass is 10.1. The summed E-state index contributed by atoms with van der Waals surface area (Å²) in [5, 5.41) is 17.1. The first-order chi connectivity index (χ1) is 3.89. The Balaban J connectivity index is 4.19. The molecule has 0 amide bonds. The molecular formula is C4H10N2O3. The summed E-state index contributed by atoms with van der Waals surface area (Å²) in [6.07, 6.45) is 0. The summed E-state index contributed by atoms with van der Waals surface area (Å²) in [5.41, 5.74) is 3.33. The van der Waals surface area contributed by atoms with E-state index in [1.165, 1.54) is 0 Å². The van der Waals surface area contributed by atoms with Gasteiger partial charge in [-0.2, -0.15) is 0 Å². The number of ketones is 1. The Morgan fingerprint density at radius 3 is 2.22 bits per heavy atom. The minimum atomic E-state index is -1.72. The van der Waals surface area contributed by atoms with Gasteiger partial charge in [0.1, 0.15) is 0 Å². The number of nitrogens with two attached hydrogens (primary N) is 1. The quantitative estimate of drug-likeness (QED) is 0.301. The van der Waals surface area contributed by atoms with Gasteiger partial charge >= 0.3 is 0 Å². The molecule has 0 heterocycles. The average Bonchev–Trinajstić information content (AvgIpc) is 1.65. The summed E-state index contributed by atoms with van der Waals surface area (Å²) in [4.78, 5) is 10.4. The second-order valence-corrected chi connectivity index (χ2v) is 2.06. The fourth-order valence-electron chi connectivity index (χ4n) is 0.151. The molecule has 0 rings (SSSR count). The maximum absolute atomic E-state index is 10.4. The van der Waals surface area contributed by atoms with E-state index in [0.29, 0.717) is 0 Å². The van der Waals surface area contributed by atoms with E-state index in [1.807, 2.05) is 0 Å². The van der Waals surface area contributed by atoms with Crippen molar-refractivity contribution in [1.82, 2.24) is 0 Å². The predicted octanol–water partition coefficient (Wildman–Crippen LogP) is -1.98. The minimum Gasteiger partial charge on any atom is -0.598 e. The molecule has 2 atom stereocenters. The van der Waals surface area contributed by atoms with E-state index in [9.17, 15) is 10.0 Å². The molecule has 0 saturated heterocycles. The molecule has 0 aliphatic heterocycles. The third-order valence-electron chi connectivity index (χ3n) is 1.18. The van der Waals surface area contributed by atoms with Crippen LogP contribution in [0.3, 0.4) is 0 Å². The lowest BCUT2D eigenvalue weighted by molar-refractivity contribution is -1.08. The Morgan fingerprint density at radius 2 is 2.22 bits per heavy atom. The zero-order valence-corrected chi connectivity index (χ0v) is 5.34. The molecule has 5 heteroatoms. The Labute approximate surface area is 52.6 Å². The summed E-state index contributed by atoms with van der Waals surface area (Å²) in [7, 11) is 0. The van der Waals surface area contributed by atoms with E-state index in [2.05, 4.69) is 0 Å². The molecule has 0 aromatic carbocycles. The van der Waals surface area contributed by atoms with E-state index >= 15 is 0 Å². The zero-order chi connectivity index (χ0) is 7.65. The van der Waals surface area contributed by atoms with E-state index in [-0.39, 0.29) is 0 Å². The fraction of sp³-hybridized carbons (Fsp3) is 0.750. The number of hydrogen-bond donors (Lipinski definition) is 3. The lowest BCUT2D eigenvalue weighted by Gasteiger charge is -2.27. The van der Waals surface area contributed by atoms with E-state index in [0.717, 1.165) is 13.8 Å². The van der Waals surface area contributed by atoms with Gasteiger partial charge < -0.3 is 5.21 Å².